The van der Waals surface area contributed by atoms with Gasteiger partial charge in [-0.2, -0.15) is 0 Å². The molecule has 0 aliphatic heterocycles. The maximum absolute atomic E-state index is 12.0. The average Bonchev–Trinajstić information content (AvgIpc) is 2.76. The molecule has 1 N–H and O–H groups in total. The third kappa shape index (κ3) is 2.87. The number of ether oxygens (including phenoxy) is 1. The molecule has 0 radical (unpaired) electrons. The van der Waals surface area contributed by atoms with E-state index in [1.165, 1.54) is 27.9 Å². The normalized spacial score (nSPS) is 11.0. The van der Waals surface area contributed by atoms with Gasteiger partial charge in [0.2, 0.25) is 0 Å². The van der Waals surface area contributed by atoms with Crippen molar-refractivity contribution in [3.05, 3.63) is 20.8 Å². The molecule has 9 heteroatoms. The van der Waals surface area contributed by atoms with Gasteiger partial charge in [0.1, 0.15) is 6.54 Å². The highest BCUT2D eigenvalue weighted by molar-refractivity contribution is 7.99. The van der Waals surface area contributed by atoms with E-state index in [9.17, 15) is 14.4 Å². The average molecular weight is 312 g/mol. The molecule has 0 unspecified atom stereocenters. The van der Waals surface area contributed by atoms with E-state index >= 15 is 0 Å². The van der Waals surface area contributed by atoms with Crippen LogP contribution in [0.1, 0.15) is 13.8 Å². The molecule has 0 amide bonds. The van der Waals surface area contributed by atoms with Crippen LogP contribution in [0.25, 0.3) is 11.2 Å². The van der Waals surface area contributed by atoms with Crippen molar-refractivity contribution in [2.75, 3.05) is 12.4 Å². The number of thioether (sulfide) groups is 1. The van der Waals surface area contributed by atoms with Crippen LogP contribution in [-0.2, 0) is 23.1 Å². The van der Waals surface area contributed by atoms with Gasteiger partial charge >= 0.3 is 11.7 Å². The van der Waals surface area contributed by atoms with Crippen molar-refractivity contribution in [2.45, 2.75) is 25.5 Å². The molecule has 2 heterocycles. The van der Waals surface area contributed by atoms with Crippen LogP contribution in [0.5, 0.6) is 0 Å². The predicted molar refractivity (Wildman–Crippen MR) is 78.6 cm³/mol. The molecular weight excluding hydrogens is 296 g/mol. The van der Waals surface area contributed by atoms with E-state index in [0.717, 1.165) is 5.75 Å². The molecule has 0 saturated heterocycles. The summed E-state index contributed by atoms with van der Waals surface area (Å²) in [5.41, 5.74) is -0.653. The first kappa shape index (κ1) is 15.4. The summed E-state index contributed by atoms with van der Waals surface area (Å²) < 4.78 is 7.65. The topological polar surface area (TPSA) is 99.0 Å². The van der Waals surface area contributed by atoms with Crippen molar-refractivity contribution in [1.82, 2.24) is 19.1 Å². The number of hydrogen-bond donors (Lipinski definition) is 1. The molecule has 0 aromatic carbocycles. The van der Waals surface area contributed by atoms with Crippen LogP contribution in [0, 0.1) is 0 Å². The number of rotatable bonds is 5. The van der Waals surface area contributed by atoms with Crippen LogP contribution in [0.4, 0.5) is 0 Å². The smallest absolute Gasteiger partial charge is 0.329 e. The summed E-state index contributed by atoms with van der Waals surface area (Å²) in [5, 5.41) is 0.507. The molecule has 8 nitrogen and oxygen atoms in total. The number of imidazole rings is 1. The zero-order valence-corrected chi connectivity index (χ0v) is 12.8. The van der Waals surface area contributed by atoms with Gasteiger partial charge in [-0.1, -0.05) is 18.7 Å². The van der Waals surface area contributed by atoms with Crippen LogP contribution in [-0.4, -0.2) is 37.4 Å². The first-order valence-corrected chi connectivity index (χ1v) is 7.46. The Morgan fingerprint density at radius 1 is 1.38 bits per heavy atom. The van der Waals surface area contributed by atoms with Crippen LogP contribution >= 0.6 is 11.8 Å². The van der Waals surface area contributed by atoms with E-state index in [2.05, 4.69) is 9.97 Å². The molecule has 21 heavy (non-hydrogen) atoms. The number of nitrogens with one attached hydrogen (secondary N) is 1. The van der Waals surface area contributed by atoms with Gasteiger partial charge in [0.15, 0.2) is 16.3 Å². The highest BCUT2D eigenvalue weighted by Crippen LogP contribution is 2.21. The number of esters is 1. The third-order valence-corrected chi connectivity index (χ3v) is 3.70. The Morgan fingerprint density at radius 2 is 2.10 bits per heavy atom. The van der Waals surface area contributed by atoms with Crippen LogP contribution in [0.3, 0.4) is 0 Å². The molecule has 2 aromatic heterocycles. The van der Waals surface area contributed by atoms with E-state index in [-0.39, 0.29) is 24.3 Å². The number of aromatic amines is 1. The SMILES string of the molecule is CCOC(=O)Cn1c(SCC)nc2c1c(=O)[nH]c(=O)n2C. The molecule has 114 valence electrons. The third-order valence-electron chi connectivity index (χ3n) is 2.84. The van der Waals surface area contributed by atoms with E-state index in [1.54, 1.807) is 6.92 Å². The molecule has 0 bridgehead atoms. The predicted octanol–water partition coefficient (Wildman–Crippen LogP) is 0.0984. The van der Waals surface area contributed by atoms with E-state index < -0.39 is 17.2 Å². The Hall–Kier alpha value is -2.03. The minimum Gasteiger partial charge on any atom is -0.465 e. The Labute approximate surface area is 124 Å². The molecule has 0 atom stereocenters. The van der Waals surface area contributed by atoms with Crippen LogP contribution in [0.15, 0.2) is 14.7 Å². The highest BCUT2D eigenvalue weighted by atomic mass is 32.2. The summed E-state index contributed by atoms with van der Waals surface area (Å²) in [6.45, 7) is 3.79. The molecule has 0 spiro atoms. The molecule has 0 aliphatic rings. The van der Waals surface area contributed by atoms with Gasteiger partial charge in [0.05, 0.1) is 6.61 Å². The van der Waals surface area contributed by atoms with Crippen molar-refractivity contribution in [1.29, 1.82) is 0 Å². The number of aryl methyl sites for hydroxylation is 1. The number of aromatic nitrogens is 4. The van der Waals surface area contributed by atoms with Gasteiger partial charge < -0.3 is 9.30 Å². The summed E-state index contributed by atoms with van der Waals surface area (Å²) in [6, 6.07) is 0. The molecular formula is C12H16N4O4S. The van der Waals surface area contributed by atoms with Crippen molar-refractivity contribution in [3.8, 4) is 0 Å². The molecule has 0 aliphatic carbocycles. The zero-order chi connectivity index (χ0) is 15.6. The first-order chi connectivity index (χ1) is 9.99. The minimum absolute atomic E-state index is 0.117. The Balaban J connectivity index is 2.68. The lowest BCUT2D eigenvalue weighted by molar-refractivity contribution is -0.143. The largest absolute Gasteiger partial charge is 0.465 e. The second kappa shape index (κ2) is 6.17. The molecule has 0 fully saturated rings. The van der Waals surface area contributed by atoms with E-state index in [1.807, 2.05) is 6.92 Å². The monoisotopic (exact) mass is 312 g/mol. The van der Waals surface area contributed by atoms with Gasteiger partial charge in [-0.15, -0.1) is 0 Å². The number of fused-ring (bicyclic) bond motifs is 1. The number of carbonyl (C=O) groups excluding carboxylic acids is 1. The van der Waals surface area contributed by atoms with Crippen LogP contribution < -0.4 is 11.2 Å². The minimum atomic E-state index is -0.562. The number of nitrogens with zero attached hydrogens (tertiary/aromatic N) is 3. The molecule has 2 aromatic rings. The van der Waals surface area contributed by atoms with Gasteiger partial charge in [-0.3, -0.25) is 19.1 Å². The summed E-state index contributed by atoms with van der Waals surface area (Å²) in [6.07, 6.45) is 0. The van der Waals surface area contributed by atoms with Crippen molar-refractivity contribution < 1.29 is 9.53 Å². The quantitative estimate of drug-likeness (QED) is 0.621. The fourth-order valence-electron chi connectivity index (χ4n) is 1.94. The summed E-state index contributed by atoms with van der Waals surface area (Å²) >= 11 is 1.39. The van der Waals surface area contributed by atoms with Crippen molar-refractivity contribution in [3.63, 3.8) is 0 Å². The Kier molecular flexibility index (Phi) is 4.51. The second-order valence-electron chi connectivity index (χ2n) is 4.21. The van der Waals surface area contributed by atoms with Crippen molar-refractivity contribution >= 4 is 28.9 Å². The standard InChI is InChI=1S/C12H16N4O4S/c1-4-20-7(17)6-16-8-9(13-12(16)21-5-2)15(3)11(19)14-10(8)18/h4-6H2,1-3H3,(H,14,18,19). The maximum atomic E-state index is 12.0. The van der Waals surface area contributed by atoms with Crippen molar-refractivity contribution in [2.24, 2.45) is 7.05 Å². The maximum Gasteiger partial charge on any atom is 0.329 e. The van der Waals surface area contributed by atoms with Crippen LogP contribution in [0.2, 0.25) is 0 Å². The number of H-pyrrole nitrogens is 1. The van der Waals surface area contributed by atoms with Gasteiger partial charge in [0.25, 0.3) is 5.56 Å². The van der Waals surface area contributed by atoms with Gasteiger partial charge in [-0.25, -0.2) is 9.78 Å². The highest BCUT2D eigenvalue weighted by Gasteiger charge is 2.19. The number of carbonyl (C=O) groups is 1. The molecule has 0 saturated carbocycles. The van der Waals surface area contributed by atoms with E-state index in [4.69, 9.17) is 4.74 Å². The summed E-state index contributed by atoms with van der Waals surface area (Å²) in [5.74, 6) is 0.265. The first-order valence-electron chi connectivity index (χ1n) is 6.47. The lowest BCUT2D eigenvalue weighted by Gasteiger charge is -2.07. The summed E-state index contributed by atoms with van der Waals surface area (Å²) in [7, 11) is 1.52. The Bertz CT molecular complexity index is 789. The second-order valence-corrected chi connectivity index (χ2v) is 5.44. The lowest BCUT2D eigenvalue weighted by atomic mass is 10.5. The van der Waals surface area contributed by atoms with Gasteiger partial charge in [0, 0.05) is 7.05 Å². The Morgan fingerprint density at radius 3 is 2.71 bits per heavy atom. The summed E-state index contributed by atoms with van der Waals surface area (Å²) in [4.78, 5) is 41.9. The fourth-order valence-corrected chi connectivity index (χ4v) is 2.66. The van der Waals surface area contributed by atoms with E-state index in [0.29, 0.717) is 5.16 Å². The van der Waals surface area contributed by atoms with Gasteiger partial charge in [-0.05, 0) is 12.7 Å². The fraction of sp³-hybridized carbons (Fsp3) is 0.500. The number of hydrogen-bond acceptors (Lipinski definition) is 6. The zero-order valence-electron chi connectivity index (χ0n) is 12.0. The molecule has 2 rings (SSSR count). The lowest BCUT2D eigenvalue weighted by Crippen LogP contribution is -2.29.